The maximum atomic E-state index is 12.2. The minimum Gasteiger partial charge on any atom is -0.394 e. The van der Waals surface area contributed by atoms with Gasteiger partial charge in [0.2, 0.25) is 5.91 Å². The van der Waals surface area contributed by atoms with Gasteiger partial charge in [-0.25, -0.2) is 8.42 Å². The van der Waals surface area contributed by atoms with Gasteiger partial charge in [-0.1, -0.05) is 6.07 Å². The molecule has 0 saturated carbocycles. The molecule has 1 aromatic rings. The summed E-state index contributed by atoms with van der Waals surface area (Å²) in [7, 11) is -2.20. The molecular weight excluding hydrogens is 300 g/mol. The summed E-state index contributed by atoms with van der Waals surface area (Å²) < 4.78 is 25.7. The second kappa shape index (κ2) is 6.21. The number of amides is 1. The normalized spacial score (nSPS) is 19.8. The van der Waals surface area contributed by atoms with Crippen molar-refractivity contribution in [2.75, 3.05) is 26.7 Å². The quantitative estimate of drug-likeness (QED) is 0.850. The zero-order valence-corrected chi connectivity index (χ0v) is 12.9. The third-order valence-electron chi connectivity index (χ3n) is 3.43. The molecule has 20 heavy (non-hydrogen) atoms. The Kier molecular flexibility index (Phi) is 4.79. The topological polar surface area (TPSA) is 77.9 Å². The van der Waals surface area contributed by atoms with Crippen LogP contribution in [0, 0.1) is 0 Å². The van der Waals surface area contributed by atoms with Crippen molar-refractivity contribution in [2.45, 2.75) is 23.1 Å². The molecule has 1 aliphatic rings. The van der Waals surface area contributed by atoms with E-state index < -0.39 is 10.0 Å². The minimum atomic E-state index is -3.60. The maximum Gasteiger partial charge on any atom is 0.252 e. The third-order valence-corrected chi connectivity index (χ3v) is 6.60. The summed E-state index contributed by atoms with van der Waals surface area (Å²) in [6.07, 6.45) is 1.61. The van der Waals surface area contributed by atoms with Gasteiger partial charge >= 0.3 is 0 Å². The summed E-state index contributed by atoms with van der Waals surface area (Å²) in [5.74, 6) is -0.260. The predicted molar refractivity (Wildman–Crippen MR) is 76.0 cm³/mol. The Hall–Kier alpha value is -0.960. The van der Waals surface area contributed by atoms with Crippen LogP contribution in [0.5, 0.6) is 0 Å². The number of likely N-dealkylation sites (tertiary alicyclic amines) is 1. The third kappa shape index (κ3) is 3.03. The Morgan fingerprint density at radius 1 is 1.60 bits per heavy atom. The van der Waals surface area contributed by atoms with E-state index in [0.717, 1.165) is 28.5 Å². The maximum absolute atomic E-state index is 12.2. The smallest absolute Gasteiger partial charge is 0.252 e. The standard InChI is InChI=1S/C12H18N2O4S2/c1-13(20(17,18)12-5-3-7-19-12)8-11(16)14-6-2-4-10(14)9-15/h3,5,7,10,15H,2,4,6,8-9H2,1H3. The average molecular weight is 318 g/mol. The fraction of sp³-hybridized carbons (Fsp3) is 0.583. The van der Waals surface area contributed by atoms with Gasteiger partial charge in [-0.3, -0.25) is 4.79 Å². The highest BCUT2D eigenvalue weighted by molar-refractivity contribution is 7.91. The number of aliphatic hydroxyl groups excluding tert-OH is 1. The Bertz CT molecular complexity index is 556. The van der Waals surface area contributed by atoms with Gasteiger partial charge in [-0.15, -0.1) is 11.3 Å². The van der Waals surface area contributed by atoms with Crippen molar-refractivity contribution >= 4 is 27.3 Å². The highest BCUT2D eigenvalue weighted by Crippen LogP contribution is 2.21. The lowest BCUT2D eigenvalue weighted by Crippen LogP contribution is -2.44. The van der Waals surface area contributed by atoms with Gasteiger partial charge in [-0.05, 0) is 24.3 Å². The molecule has 1 N–H and O–H groups in total. The molecule has 1 aliphatic heterocycles. The number of hydrogen-bond donors (Lipinski definition) is 1. The lowest BCUT2D eigenvalue weighted by molar-refractivity contribution is -0.132. The molecule has 2 rings (SSSR count). The van der Waals surface area contributed by atoms with Crippen LogP contribution < -0.4 is 0 Å². The SMILES string of the molecule is CN(CC(=O)N1CCCC1CO)S(=O)(=O)c1cccs1. The molecule has 1 saturated heterocycles. The van der Waals surface area contributed by atoms with Gasteiger partial charge in [0.1, 0.15) is 4.21 Å². The number of carbonyl (C=O) groups excluding carboxylic acids is 1. The second-order valence-electron chi connectivity index (χ2n) is 4.76. The molecule has 6 nitrogen and oxygen atoms in total. The molecule has 112 valence electrons. The summed E-state index contributed by atoms with van der Waals surface area (Å²) in [6, 6.07) is 3.00. The van der Waals surface area contributed by atoms with Crippen LogP contribution in [-0.2, 0) is 14.8 Å². The zero-order chi connectivity index (χ0) is 14.8. The van der Waals surface area contributed by atoms with Crippen LogP contribution in [0.2, 0.25) is 0 Å². The molecule has 1 atom stereocenters. The van der Waals surface area contributed by atoms with Gasteiger partial charge < -0.3 is 10.0 Å². The number of nitrogens with zero attached hydrogens (tertiary/aromatic N) is 2. The molecule has 0 aliphatic carbocycles. The average Bonchev–Trinajstić information content (AvgIpc) is 3.09. The first kappa shape index (κ1) is 15.4. The first-order valence-electron chi connectivity index (χ1n) is 6.37. The van der Waals surface area contributed by atoms with Crippen molar-refractivity contribution in [1.82, 2.24) is 9.21 Å². The second-order valence-corrected chi connectivity index (χ2v) is 7.98. The zero-order valence-electron chi connectivity index (χ0n) is 11.2. The van der Waals surface area contributed by atoms with E-state index in [1.807, 2.05) is 0 Å². The number of carbonyl (C=O) groups is 1. The first-order valence-corrected chi connectivity index (χ1v) is 8.69. The number of thiophene rings is 1. The molecule has 0 spiro atoms. The van der Waals surface area contributed by atoms with Crippen molar-refractivity contribution in [2.24, 2.45) is 0 Å². The van der Waals surface area contributed by atoms with E-state index in [0.29, 0.717) is 6.54 Å². The van der Waals surface area contributed by atoms with Crippen LogP contribution in [0.15, 0.2) is 21.7 Å². The van der Waals surface area contributed by atoms with Crippen molar-refractivity contribution < 1.29 is 18.3 Å². The summed E-state index contributed by atoms with van der Waals surface area (Å²) in [5.41, 5.74) is 0. The lowest BCUT2D eigenvalue weighted by Gasteiger charge is -2.25. The van der Waals surface area contributed by atoms with E-state index >= 15 is 0 Å². The highest BCUT2D eigenvalue weighted by Gasteiger charge is 2.31. The van der Waals surface area contributed by atoms with E-state index in [-0.39, 0.29) is 29.3 Å². The summed E-state index contributed by atoms with van der Waals surface area (Å²) in [6.45, 7) is 0.306. The highest BCUT2D eigenvalue weighted by atomic mass is 32.2. The van der Waals surface area contributed by atoms with E-state index in [4.69, 9.17) is 0 Å². The largest absolute Gasteiger partial charge is 0.394 e. The predicted octanol–water partition coefficient (Wildman–Crippen LogP) is 0.352. The monoisotopic (exact) mass is 318 g/mol. The van der Waals surface area contributed by atoms with E-state index in [2.05, 4.69) is 0 Å². The molecule has 0 aromatic carbocycles. The molecule has 1 fully saturated rings. The first-order chi connectivity index (χ1) is 9.46. The van der Waals surface area contributed by atoms with Gasteiger partial charge in [0.15, 0.2) is 0 Å². The van der Waals surface area contributed by atoms with Crippen LogP contribution in [0.3, 0.4) is 0 Å². The van der Waals surface area contributed by atoms with Gasteiger partial charge in [0.05, 0.1) is 19.2 Å². The number of hydrogen-bond acceptors (Lipinski definition) is 5. The van der Waals surface area contributed by atoms with Crippen LogP contribution in [0.1, 0.15) is 12.8 Å². The molecule has 2 heterocycles. The molecule has 0 bridgehead atoms. The van der Waals surface area contributed by atoms with Crippen molar-refractivity contribution in [3.63, 3.8) is 0 Å². The lowest BCUT2D eigenvalue weighted by atomic mass is 10.2. The fourth-order valence-corrected chi connectivity index (χ4v) is 4.61. The van der Waals surface area contributed by atoms with Crippen LogP contribution in [0.25, 0.3) is 0 Å². The number of rotatable bonds is 5. The Labute approximate surface area is 122 Å². The molecule has 1 aromatic heterocycles. The summed E-state index contributed by atoms with van der Waals surface area (Å²) in [5, 5.41) is 10.9. The Balaban J connectivity index is 2.04. The van der Waals surface area contributed by atoms with Crippen LogP contribution >= 0.6 is 11.3 Å². The Morgan fingerprint density at radius 3 is 2.95 bits per heavy atom. The Morgan fingerprint density at radius 2 is 2.35 bits per heavy atom. The molecule has 1 unspecified atom stereocenters. The van der Waals surface area contributed by atoms with E-state index in [1.54, 1.807) is 16.3 Å². The molecule has 0 radical (unpaired) electrons. The number of likely N-dealkylation sites (N-methyl/N-ethyl adjacent to an activating group) is 1. The molecular formula is C12H18N2O4S2. The fourth-order valence-electron chi connectivity index (χ4n) is 2.28. The van der Waals surface area contributed by atoms with Gasteiger partial charge in [-0.2, -0.15) is 4.31 Å². The van der Waals surface area contributed by atoms with Crippen LogP contribution in [0.4, 0.5) is 0 Å². The van der Waals surface area contributed by atoms with Crippen molar-refractivity contribution in [3.05, 3.63) is 17.5 Å². The summed E-state index contributed by atoms with van der Waals surface area (Å²) in [4.78, 5) is 13.7. The molecule has 1 amide bonds. The van der Waals surface area contributed by atoms with Crippen molar-refractivity contribution in [1.29, 1.82) is 0 Å². The van der Waals surface area contributed by atoms with Gasteiger partial charge in [0, 0.05) is 13.6 Å². The molecule has 8 heteroatoms. The van der Waals surface area contributed by atoms with E-state index in [1.165, 1.54) is 13.1 Å². The van der Waals surface area contributed by atoms with Crippen molar-refractivity contribution in [3.8, 4) is 0 Å². The van der Waals surface area contributed by atoms with Crippen LogP contribution in [-0.4, -0.2) is 61.4 Å². The summed E-state index contributed by atoms with van der Waals surface area (Å²) >= 11 is 1.13. The number of aliphatic hydroxyl groups is 1. The number of sulfonamides is 1. The van der Waals surface area contributed by atoms with Gasteiger partial charge in [0.25, 0.3) is 10.0 Å². The van der Waals surface area contributed by atoms with E-state index in [9.17, 15) is 18.3 Å². The minimum absolute atomic E-state index is 0.0763.